The first kappa shape index (κ1) is 17.0. The molecule has 1 saturated heterocycles. The monoisotopic (exact) mass is 351 g/mol. The van der Waals surface area contributed by atoms with Gasteiger partial charge in [0.05, 0.1) is 29.9 Å². The number of hydrogen-bond donors (Lipinski definition) is 1. The van der Waals surface area contributed by atoms with Crippen LogP contribution in [-0.2, 0) is 6.54 Å². The Morgan fingerprint density at radius 1 is 1.04 bits per heavy atom. The van der Waals surface area contributed by atoms with Gasteiger partial charge in [-0.2, -0.15) is 15.0 Å². The van der Waals surface area contributed by atoms with Crippen LogP contribution in [0.15, 0.2) is 59.3 Å². The Kier molecular flexibility index (Phi) is 5.42. The number of likely N-dealkylation sites (tertiary alicyclic amines) is 1. The van der Waals surface area contributed by atoms with E-state index >= 15 is 0 Å². The fraction of sp³-hybridized carbons (Fsp3) is 0.400. The van der Waals surface area contributed by atoms with Crippen molar-refractivity contribution in [1.29, 1.82) is 0 Å². The Morgan fingerprint density at radius 2 is 1.88 bits per heavy atom. The molecule has 0 bridgehead atoms. The van der Waals surface area contributed by atoms with Gasteiger partial charge in [0.2, 0.25) is 0 Å². The SMILES string of the molecule is c1ccc(-n2ncc(CNC[C@H](c3ccco3)N3CCCCC3)n2)cc1. The molecule has 0 saturated carbocycles. The molecule has 1 atom stereocenters. The van der Waals surface area contributed by atoms with E-state index in [9.17, 15) is 0 Å². The molecule has 136 valence electrons. The molecule has 1 aromatic carbocycles. The van der Waals surface area contributed by atoms with Crippen LogP contribution in [0, 0.1) is 0 Å². The molecule has 0 spiro atoms. The molecule has 3 heterocycles. The second-order valence-electron chi connectivity index (χ2n) is 6.72. The molecule has 6 nitrogen and oxygen atoms in total. The highest BCUT2D eigenvalue weighted by Crippen LogP contribution is 2.24. The number of hydrogen-bond acceptors (Lipinski definition) is 5. The number of aromatic nitrogens is 3. The molecule has 0 amide bonds. The van der Waals surface area contributed by atoms with E-state index in [2.05, 4.69) is 26.5 Å². The van der Waals surface area contributed by atoms with Crippen LogP contribution in [0.1, 0.15) is 36.8 Å². The number of piperidine rings is 1. The number of para-hydroxylation sites is 1. The van der Waals surface area contributed by atoms with Gasteiger partial charge >= 0.3 is 0 Å². The molecule has 0 radical (unpaired) electrons. The summed E-state index contributed by atoms with van der Waals surface area (Å²) in [5.41, 5.74) is 1.91. The Balaban J connectivity index is 1.37. The number of nitrogens with zero attached hydrogens (tertiary/aromatic N) is 4. The van der Waals surface area contributed by atoms with Crippen LogP contribution in [-0.4, -0.2) is 39.5 Å². The standard InChI is InChI=1S/C20H25N5O/c1-3-8-18(9-4-1)25-22-15-17(23-25)14-21-16-19(20-10-7-13-26-20)24-11-5-2-6-12-24/h1,3-4,7-10,13,15,19,21H,2,5-6,11-12,14,16H2/t19-/m1/s1. The molecule has 1 aliphatic rings. The van der Waals surface area contributed by atoms with Gasteiger partial charge in [-0.25, -0.2) is 0 Å². The maximum Gasteiger partial charge on any atom is 0.122 e. The highest BCUT2D eigenvalue weighted by Gasteiger charge is 2.24. The van der Waals surface area contributed by atoms with Gasteiger partial charge in [0.15, 0.2) is 0 Å². The Labute approximate surface area is 153 Å². The molecule has 4 rings (SSSR count). The van der Waals surface area contributed by atoms with Crippen LogP contribution in [0.5, 0.6) is 0 Å². The number of nitrogens with one attached hydrogen (secondary N) is 1. The summed E-state index contributed by atoms with van der Waals surface area (Å²) in [6.07, 6.45) is 7.45. The van der Waals surface area contributed by atoms with Crippen molar-refractivity contribution in [2.45, 2.75) is 31.8 Å². The van der Waals surface area contributed by atoms with E-state index in [-0.39, 0.29) is 6.04 Å². The average Bonchev–Trinajstić information content (AvgIpc) is 3.39. The fourth-order valence-corrected chi connectivity index (χ4v) is 3.52. The van der Waals surface area contributed by atoms with Crippen molar-refractivity contribution in [3.63, 3.8) is 0 Å². The summed E-state index contributed by atoms with van der Waals surface area (Å²) >= 11 is 0. The van der Waals surface area contributed by atoms with Gasteiger partial charge in [0.25, 0.3) is 0 Å². The summed E-state index contributed by atoms with van der Waals surface area (Å²) in [6.45, 7) is 3.80. The Hall–Kier alpha value is -2.44. The van der Waals surface area contributed by atoms with Crippen LogP contribution >= 0.6 is 0 Å². The third-order valence-corrected chi connectivity index (χ3v) is 4.87. The van der Waals surface area contributed by atoms with Crippen molar-refractivity contribution in [3.05, 3.63) is 66.4 Å². The molecule has 0 aliphatic carbocycles. The van der Waals surface area contributed by atoms with Gasteiger partial charge in [-0.1, -0.05) is 24.6 Å². The first-order chi connectivity index (χ1) is 12.9. The molecule has 3 aromatic rings. The second-order valence-corrected chi connectivity index (χ2v) is 6.72. The van der Waals surface area contributed by atoms with E-state index in [0.717, 1.165) is 36.8 Å². The van der Waals surface area contributed by atoms with Crippen molar-refractivity contribution in [1.82, 2.24) is 25.2 Å². The zero-order valence-electron chi connectivity index (χ0n) is 14.9. The average molecular weight is 351 g/mol. The van der Waals surface area contributed by atoms with Crippen molar-refractivity contribution < 1.29 is 4.42 Å². The Morgan fingerprint density at radius 3 is 2.65 bits per heavy atom. The topological polar surface area (TPSA) is 59.1 Å². The van der Waals surface area contributed by atoms with Gasteiger partial charge in [-0.3, -0.25) is 4.90 Å². The molecule has 1 N–H and O–H groups in total. The van der Waals surface area contributed by atoms with Crippen molar-refractivity contribution >= 4 is 0 Å². The van der Waals surface area contributed by atoms with Gasteiger partial charge in [-0.05, 0) is 50.2 Å². The van der Waals surface area contributed by atoms with Crippen LogP contribution in [0.4, 0.5) is 0 Å². The summed E-state index contributed by atoms with van der Waals surface area (Å²) < 4.78 is 5.70. The summed E-state index contributed by atoms with van der Waals surface area (Å²) in [4.78, 5) is 4.20. The van der Waals surface area contributed by atoms with E-state index in [4.69, 9.17) is 4.42 Å². The quantitative estimate of drug-likeness (QED) is 0.708. The highest BCUT2D eigenvalue weighted by molar-refractivity contribution is 5.28. The van der Waals surface area contributed by atoms with E-state index in [1.807, 2.05) is 42.6 Å². The Bertz CT molecular complexity index is 778. The van der Waals surface area contributed by atoms with Gasteiger partial charge in [0.1, 0.15) is 5.76 Å². The lowest BCUT2D eigenvalue weighted by molar-refractivity contribution is 0.142. The lowest BCUT2D eigenvalue weighted by Crippen LogP contribution is -2.38. The van der Waals surface area contributed by atoms with Gasteiger partial charge in [-0.15, -0.1) is 0 Å². The molecular formula is C20H25N5O. The molecule has 1 aliphatic heterocycles. The zero-order valence-corrected chi connectivity index (χ0v) is 14.9. The highest BCUT2D eigenvalue weighted by atomic mass is 16.3. The number of furan rings is 1. The predicted octanol–water partition coefficient (Wildman–Crippen LogP) is 3.18. The molecule has 0 unspecified atom stereocenters. The van der Waals surface area contributed by atoms with Crippen molar-refractivity contribution in [2.75, 3.05) is 19.6 Å². The van der Waals surface area contributed by atoms with E-state index < -0.39 is 0 Å². The minimum absolute atomic E-state index is 0.273. The predicted molar refractivity (Wildman–Crippen MR) is 99.9 cm³/mol. The minimum Gasteiger partial charge on any atom is -0.468 e. The molecular weight excluding hydrogens is 326 g/mol. The first-order valence-corrected chi connectivity index (χ1v) is 9.35. The third-order valence-electron chi connectivity index (χ3n) is 4.87. The van der Waals surface area contributed by atoms with E-state index in [1.54, 1.807) is 11.1 Å². The van der Waals surface area contributed by atoms with Crippen LogP contribution in [0.25, 0.3) is 5.69 Å². The van der Waals surface area contributed by atoms with Crippen LogP contribution < -0.4 is 5.32 Å². The van der Waals surface area contributed by atoms with Gasteiger partial charge in [0, 0.05) is 13.1 Å². The lowest BCUT2D eigenvalue weighted by Gasteiger charge is -2.33. The summed E-state index contributed by atoms with van der Waals surface area (Å²) in [6, 6.07) is 14.3. The molecule has 6 heteroatoms. The fourth-order valence-electron chi connectivity index (χ4n) is 3.52. The molecule has 2 aromatic heterocycles. The summed E-state index contributed by atoms with van der Waals surface area (Å²) in [5.74, 6) is 1.03. The molecule has 26 heavy (non-hydrogen) atoms. The summed E-state index contributed by atoms with van der Waals surface area (Å²) in [5, 5.41) is 12.5. The summed E-state index contributed by atoms with van der Waals surface area (Å²) in [7, 11) is 0. The van der Waals surface area contributed by atoms with Crippen molar-refractivity contribution in [3.8, 4) is 5.69 Å². The maximum atomic E-state index is 5.70. The smallest absolute Gasteiger partial charge is 0.122 e. The largest absolute Gasteiger partial charge is 0.468 e. The first-order valence-electron chi connectivity index (χ1n) is 9.35. The second kappa shape index (κ2) is 8.29. The lowest BCUT2D eigenvalue weighted by atomic mass is 10.1. The number of rotatable bonds is 7. The van der Waals surface area contributed by atoms with Crippen LogP contribution in [0.3, 0.4) is 0 Å². The maximum absolute atomic E-state index is 5.70. The third kappa shape index (κ3) is 4.03. The van der Waals surface area contributed by atoms with E-state index in [1.165, 1.54) is 19.3 Å². The number of benzene rings is 1. The van der Waals surface area contributed by atoms with Crippen LogP contribution in [0.2, 0.25) is 0 Å². The molecule has 1 fully saturated rings. The van der Waals surface area contributed by atoms with Crippen molar-refractivity contribution in [2.24, 2.45) is 0 Å². The minimum atomic E-state index is 0.273. The zero-order chi connectivity index (χ0) is 17.6. The van der Waals surface area contributed by atoms with E-state index in [0.29, 0.717) is 6.54 Å². The normalized spacial score (nSPS) is 16.6. The van der Waals surface area contributed by atoms with Gasteiger partial charge < -0.3 is 9.73 Å².